The zero-order valence-electron chi connectivity index (χ0n) is 17.2. The maximum absolute atomic E-state index is 13.4. The molecule has 0 saturated carbocycles. The van der Waals surface area contributed by atoms with Gasteiger partial charge in [-0.25, -0.2) is 14.2 Å². The first-order valence-electron chi connectivity index (χ1n) is 10.2. The second kappa shape index (κ2) is 8.99. The van der Waals surface area contributed by atoms with Crippen LogP contribution in [0.2, 0.25) is 0 Å². The lowest BCUT2D eigenvalue weighted by atomic mass is 10.1. The molecular weight excluding hydrogens is 399 g/mol. The highest BCUT2D eigenvalue weighted by Crippen LogP contribution is 2.19. The van der Waals surface area contributed by atoms with Crippen LogP contribution in [0.25, 0.3) is 0 Å². The Morgan fingerprint density at radius 3 is 2.81 bits per heavy atom. The van der Waals surface area contributed by atoms with Crippen molar-refractivity contribution in [2.75, 3.05) is 18.5 Å². The second-order valence-corrected chi connectivity index (χ2v) is 7.30. The molecule has 1 aliphatic rings. The van der Waals surface area contributed by atoms with Crippen molar-refractivity contribution in [3.05, 3.63) is 87.3 Å². The summed E-state index contributed by atoms with van der Waals surface area (Å²) < 4.78 is 18.8. The molecule has 2 heterocycles. The van der Waals surface area contributed by atoms with Gasteiger partial charge in [-0.3, -0.25) is 4.79 Å². The van der Waals surface area contributed by atoms with Gasteiger partial charge in [0.15, 0.2) is 0 Å². The lowest BCUT2D eigenvalue weighted by Gasteiger charge is -2.28. The first kappa shape index (κ1) is 20.6. The van der Waals surface area contributed by atoms with E-state index in [4.69, 9.17) is 4.74 Å². The van der Waals surface area contributed by atoms with E-state index in [0.29, 0.717) is 48.8 Å². The highest BCUT2D eigenvalue weighted by Gasteiger charge is 2.24. The molecule has 2 aromatic carbocycles. The van der Waals surface area contributed by atoms with Crippen LogP contribution in [0.15, 0.2) is 53.3 Å². The molecular formula is C23H23FN4O3. The average Bonchev–Trinajstić information content (AvgIpc) is 2.75. The lowest BCUT2D eigenvalue weighted by Crippen LogP contribution is -2.42. The number of halogens is 1. The number of hydrogen-bond donors (Lipinski definition) is 2. The Balaban J connectivity index is 1.44. The van der Waals surface area contributed by atoms with Crippen molar-refractivity contribution in [2.24, 2.45) is 0 Å². The fraction of sp³-hybridized carbons (Fsp3) is 0.261. The molecule has 1 aromatic heterocycles. The number of aromatic nitrogens is 2. The first-order valence-corrected chi connectivity index (χ1v) is 10.2. The number of urea groups is 1. The minimum absolute atomic E-state index is 0.181. The predicted octanol–water partition coefficient (Wildman–Crippen LogP) is 3.49. The number of benzene rings is 2. The van der Waals surface area contributed by atoms with Gasteiger partial charge in [0, 0.05) is 25.1 Å². The number of anilines is 1. The average molecular weight is 422 g/mol. The molecule has 160 valence electrons. The number of carbonyl (C=O) groups is 1. The van der Waals surface area contributed by atoms with Crippen LogP contribution in [-0.4, -0.2) is 34.1 Å². The van der Waals surface area contributed by atoms with Crippen molar-refractivity contribution in [2.45, 2.75) is 26.3 Å². The summed E-state index contributed by atoms with van der Waals surface area (Å²) in [5.74, 6) is 0.896. The van der Waals surface area contributed by atoms with Gasteiger partial charge in [0.05, 0.1) is 24.4 Å². The zero-order valence-corrected chi connectivity index (χ0v) is 17.2. The van der Waals surface area contributed by atoms with Crippen LogP contribution in [0, 0.1) is 5.82 Å². The van der Waals surface area contributed by atoms with Gasteiger partial charge in [0.1, 0.15) is 17.4 Å². The molecule has 0 radical (unpaired) electrons. The lowest BCUT2D eigenvalue weighted by molar-refractivity contribution is 0.205. The summed E-state index contributed by atoms with van der Waals surface area (Å²) in [6.07, 6.45) is 0.814. The number of fused-ring (bicyclic) bond motifs is 1. The van der Waals surface area contributed by atoms with E-state index >= 15 is 0 Å². The Kier molecular flexibility index (Phi) is 5.97. The number of hydrogen-bond acceptors (Lipinski definition) is 4. The van der Waals surface area contributed by atoms with Crippen LogP contribution >= 0.6 is 0 Å². The van der Waals surface area contributed by atoms with E-state index in [-0.39, 0.29) is 24.0 Å². The molecule has 0 aliphatic carbocycles. The normalized spacial score (nSPS) is 12.9. The summed E-state index contributed by atoms with van der Waals surface area (Å²) in [6, 6.07) is 13.1. The van der Waals surface area contributed by atoms with Gasteiger partial charge in [-0.2, -0.15) is 0 Å². The molecule has 31 heavy (non-hydrogen) atoms. The number of ether oxygens (including phenoxy) is 1. The van der Waals surface area contributed by atoms with Gasteiger partial charge in [-0.15, -0.1) is 0 Å². The fourth-order valence-corrected chi connectivity index (χ4v) is 3.58. The van der Waals surface area contributed by atoms with E-state index < -0.39 is 0 Å². The van der Waals surface area contributed by atoms with Crippen molar-refractivity contribution in [3.8, 4) is 5.75 Å². The van der Waals surface area contributed by atoms with Gasteiger partial charge in [0.2, 0.25) is 0 Å². The van der Waals surface area contributed by atoms with Crippen molar-refractivity contribution in [3.63, 3.8) is 0 Å². The van der Waals surface area contributed by atoms with Crippen LogP contribution in [0.4, 0.5) is 14.9 Å². The molecule has 8 heteroatoms. The third kappa shape index (κ3) is 4.91. The molecule has 0 atom stereocenters. The summed E-state index contributed by atoms with van der Waals surface area (Å²) in [4.78, 5) is 34.2. The van der Waals surface area contributed by atoms with E-state index in [1.807, 2.05) is 6.92 Å². The fourth-order valence-electron chi connectivity index (χ4n) is 3.58. The molecule has 3 aromatic rings. The van der Waals surface area contributed by atoms with E-state index in [1.54, 1.807) is 41.3 Å². The topological polar surface area (TPSA) is 87.3 Å². The highest BCUT2D eigenvalue weighted by molar-refractivity contribution is 5.89. The molecule has 2 N–H and O–H groups in total. The second-order valence-electron chi connectivity index (χ2n) is 7.30. The third-order valence-corrected chi connectivity index (χ3v) is 5.08. The molecule has 0 unspecified atom stereocenters. The van der Waals surface area contributed by atoms with Crippen LogP contribution in [0.5, 0.6) is 5.75 Å². The molecule has 2 amide bonds. The Morgan fingerprint density at radius 1 is 1.26 bits per heavy atom. The largest absolute Gasteiger partial charge is 0.494 e. The summed E-state index contributed by atoms with van der Waals surface area (Å²) >= 11 is 0. The summed E-state index contributed by atoms with van der Waals surface area (Å²) in [5, 5.41) is 2.84. The van der Waals surface area contributed by atoms with Crippen LogP contribution < -0.4 is 15.6 Å². The van der Waals surface area contributed by atoms with E-state index in [0.717, 1.165) is 11.3 Å². The monoisotopic (exact) mass is 422 g/mol. The Hall–Kier alpha value is -3.68. The standard InChI is InChI=1S/C23H23FN4O3/c1-2-31-18-8-6-17(7-9-18)25-23(30)28-11-10-20-19(14-28)22(29)27-21(26-20)13-15-4-3-5-16(24)12-15/h3-9,12H,2,10-11,13-14H2,1H3,(H,25,30)(H,26,27,29). The van der Waals surface area contributed by atoms with Crippen LogP contribution in [0.3, 0.4) is 0 Å². The molecule has 1 aliphatic heterocycles. The Morgan fingerprint density at radius 2 is 2.06 bits per heavy atom. The first-order chi connectivity index (χ1) is 15.0. The van der Waals surface area contributed by atoms with Crippen molar-refractivity contribution in [1.82, 2.24) is 14.9 Å². The molecule has 0 bridgehead atoms. The maximum atomic E-state index is 13.4. The van der Waals surface area contributed by atoms with Crippen molar-refractivity contribution >= 4 is 11.7 Å². The molecule has 7 nitrogen and oxygen atoms in total. The highest BCUT2D eigenvalue weighted by atomic mass is 19.1. The van der Waals surface area contributed by atoms with E-state index in [9.17, 15) is 14.0 Å². The predicted molar refractivity (Wildman–Crippen MR) is 115 cm³/mol. The molecule has 0 saturated heterocycles. The molecule has 0 spiro atoms. The van der Waals surface area contributed by atoms with E-state index in [1.165, 1.54) is 12.1 Å². The van der Waals surface area contributed by atoms with E-state index in [2.05, 4.69) is 15.3 Å². The number of rotatable bonds is 5. The van der Waals surface area contributed by atoms with Gasteiger partial charge >= 0.3 is 6.03 Å². The van der Waals surface area contributed by atoms with Gasteiger partial charge in [-0.1, -0.05) is 12.1 Å². The number of aromatic amines is 1. The van der Waals surface area contributed by atoms with Gasteiger partial charge < -0.3 is 19.9 Å². The molecule has 4 rings (SSSR count). The number of amides is 2. The number of nitrogens with one attached hydrogen (secondary N) is 2. The van der Waals surface area contributed by atoms with Crippen molar-refractivity contribution < 1.29 is 13.9 Å². The SMILES string of the molecule is CCOc1ccc(NC(=O)N2CCc3nc(Cc4cccc(F)c4)[nH]c(=O)c3C2)cc1. The van der Waals surface area contributed by atoms with Gasteiger partial charge in [-0.05, 0) is 48.9 Å². The maximum Gasteiger partial charge on any atom is 0.322 e. The Labute approximate surface area is 178 Å². The quantitative estimate of drug-likeness (QED) is 0.659. The number of carbonyl (C=O) groups excluding carboxylic acids is 1. The van der Waals surface area contributed by atoms with Crippen molar-refractivity contribution in [1.29, 1.82) is 0 Å². The smallest absolute Gasteiger partial charge is 0.322 e. The van der Waals surface area contributed by atoms with Gasteiger partial charge in [0.25, 0.3) is 5.56 Å². The zero-order chi connectivity index (χ0) is 21.8. The van der Waals surface area contributed by atoms with Crippen LogP contribution in [-0.2, 0) is 19.4 Å². The third-order valence-electron chi connectivity index (χ3n) is 5.08. The minimum atomic E-state index is -0.327. The number of H-pyrrole nitrogens is 1. The summed E-state index contributed by atoms with van der Waals surface area (Å²) in [5.41, 5.74) is 2.28. The summed E-state index contributed by atoms with van der Waals surface area (Å²) in [7, 11) is 0. The minimum Gasteiger partial charge on any atom is -0.494 e. The summed E-state index contributed by atoms with van der Waals surface area (Å²) in [6.45, 7) is 3.11. The molecule has 0 fully saturated rings. The van der Waals surface area contributed by atoms with Crippen LogP contribution in [0.1, 0.15) is 29.6 Å². The Bertz CT molecular complexity index is 1140. The number of nitrogens with zero attached hydrogens (tertiary/aromatic N) is 2.